The summed E-state index contributed by atoms with van der Waals surface area (Å²) in [6, 6.07) is 14.4. The number of nitrogens with one attached hydrogen (secondary N) is 1. The number of carbonyl (C=O) groups excluding carboxylic acids is 1. The summed E-state index contributed by atoms with van der Waals surface area (Å²) in [7, 11) is -3.58. The number of piperidine rings is 1. The van der Waals surface area contributed by atoms with Crippen molar-refractivity contribution in [3.05, 3.63) is 59.7 Å². The lowest BCUT2D eigenvalue weighted by atomic mass is 10.1. The topological polar surface area (TPSA) is 75.7 Å². The molecule has 0 saturated carbocycles. The minimum absolute atomic E-state index is 0.222. The number of para-hydroxylation sites is 1. The van der Waals surface area contributed by atoms with Crippen molar-refractivity contribution < 1.29 is 17.9 Å². The molecule has 0 aromatic heterocycles. The average Bonchev–Trinajstić information content (AvgIpc) is 2.75. The fourth-order valence-corrected chi connectivity index (χ4v) is 5.11. The molecule has 2 aromatic rings. The Morgan fingerprint density at radius 3 is 2.52 bits per heavy atom. The number of amides is 1. The van der Waals surface area contributed by atoms with Crippen LogP contribution < -0.4 is 10.1 Å². The summed E-state index contributed by atoms with van der Waals surface area (Å²) >= 11 is 0. The maximum atomic E-state index is 13.0. The lowest BCUT2D eigenvalue weighted by Gasteiger charge is -2.26. The summed E-state index contributed by atoms with van der Waals surface area (Å²) in [4.78, 5) is 12.7. The van der Waals surface area contributed by atoms with Crippen LogP contribution in [0.4, 0.5) is 0 Å². The summed E-state index contributed by atoms with van der Waals surface area (Å²) in [5.41, 5.74) is 1.01. The Bertz CT molecular complexity index is 923. The molecule has 0 bridgehead atoms. The number of benzene rings is 2. The van der Waals surface area contributed by atoms with Crippen LogP contribution in [0.15, 0.2) is 53.4 Å². The Kier molecular flexibility index (Phi) is 7.28. The average molecular weight is 417 g/mol. The van der Waals surface area contributed by atoms with E-state index < -0.39 is 10.0 Å². The first-order valence-electron chi connectivity index (χ1n) is 10.1. The highest BCUT2D eigenvalue weighted by Gasteiger charge is 2.28. The zero-order chi connectivity index (χ0) is 20.7. The van der Waals surface area contributed by atoms with Gasteiger partial charge in [0.2, 0.25) is 10.0 Å². The van der Waals surface area contributed by atoms with Gasteiger partial charge < -0.3 is 10.1 Å². The number of ether oxygens (including phenoxy) is 1. The second-order valence-electron chi connectivity index (χ2n) is 7.22. The molecule has 0 spiro atoms. The van der Waals surface area contributed by atoms with Gasteiger partial charge in [0.1, 0.15) is 5.75 Å². The molecule has 29 heavy (non-hydrogen) atoms. The van der Waals surface area contributed by atoms with Crippen molar-refractivity contribution >= 4 is 15.9 Å². The second kappa shape index (κ2) is 9.89. The van der Waals surface area contributed by atoms with E-state index in [0.717, 1.165) is 25.0 Å². The van der Waals surface area contributed by atoms with Crippen LogP contribution >= 0.6 is 0 Å². The van der Waals surface area contributed by atoms with E-state index in [9.17, 15) is 13.2 Å². The maximum Gasteiger partial charge on any atom is 0.251 e. The zero-order valence-corrected chi connectivity index (χ0v) is 17.6. The van der Waals surface area contributed by atoms with Crippen LogP contribution in [0, 0.1) is 6.92 Å². The summed E-state index contributed by atoms with van der Waals surface area (Å²) in [5.74, 6) is 0.518. The van der Waals surface area contributed by atoms with Crippen molar-refractivity contribution in [1.82, 2.24) is 9.62 Å². The first-order chi connectivity index (χ1) is 14.0. The lowest BCUT2D eigenvalue weighted by Crippen LogP contribution is -2.36. The van der Waals surface area contributed by atoms with Gasteiger partial charge in [0.05, 0.1) is 11.5 Å². The molecule has 3 rings (SSSR count). The highest BCUT2D eigenvalue weighted by Crippen LogP contribution is 2.24. The molecule has 156 valence electrons. The number of hydrogen-bond donors (Lipinski definition) is 1. The predicted molar refractivity (Wildman–Crippen MR) is 113 cm³/mol. The third-order valence-electron chi connectivity index (χ3n) is 5.00. The predicted octanol–water partition coefficient (Wildman–Crippen LogP) is 3.37. The van der Waals surface area contributed by atoms with Crippen molar-refractivity contribution in [1.29, 1.82) is 0 Å². The fourth-order valence-electron chi connectivity index (χ4n) is 3.35. The Labute approximate surface area is 172 Å². The number of carbonyl (C=O) groups is 1. The quantitative estimate of drug-likeness (QED) is 0.670. The minimum Gasteiger partial charge on any atom is -0.494 e. The minimum atomic E-state index is -3.58. The maximum absolute atomic E-state index is 13.0. The fraction of sp³-hybridized carbons (Fsp3) is 0.409. The highest BCUT2D eigenvalue weighted by molar-refractivity contribution is 7.89. The molecule has 6 nitrogen and oxygen atoms in total. The number of nitrogens with zero attached hydrogens (tertiary/aromatic N) is 1. The number of aryl methyl sites for hydroxylation is 1. The molecular formula is C22H28N2O4S. The molecule has 1 N–H and O–H groups in total. The highest BCUT2D eigenvalue weighted by atomic mass is 32.2. The first-order valence-corrected chi connectivity index (χ1v) is 11.5. The largest absolute Gasteiger partial charge is 0.494 e. The second-order valence-corrected chi connectivity index (χ2v) is 9.12. The van der Waals surface area contributed by atoms with E-state index in [1.54, 1.807) is 19.1 Å². The van der Waals surface area contributed by atoms with E-state index in [4.69, 9.17) is 4.74 Å². The number of rotatable bonds is 8. The van der Waals surface area contributed by atoms with Crippen LogP contribution in [-0.2, 0) is 10.0 Å². The molecule has 1 aliphatic rings. The van der Waals surface area contributed by atoms with Gasteiger partial charge in [-0.15, -0.1) is 0 Å². The molecule has 1 amide bonds. The van der Waals surface area contributed by atoms with Crippen molar-refractivity contribution in [2.24, 2.45) is 0 Å². The molecule has 0 unspecified atom stereocenters. The molecule has 0 atom stereocenters. The number of sulfonamides is 1. The van der Waals surface area contributed by atoms with Crippen LogP contribution in [0.25, 0.3) is 0 Å². The zero-order valence-electron chi connectivity index (χ0n) is 16.8. The molecule has 0 aliphatic carbocycles. The van der Waals surface area contributed by atoms with E-state index in [-0.39, 0.29) is 10.8 Å². The SMILES string of the molecule is Cc1ccc(C(=O)NCCCOc2ccccc2)cc1S(=O)(=O)N1CCCCC1. The van der Waals surface area contributed by atoms with Gasteiger partial charge in [-0.25, -0.2) is 8.42 Å². The third kappa shape index (κ3) is 5.58. The molecule has 1 saturated heterocycles. The van der Waals surface area contributed by atoms with E-state index in [1.165, 1.54) is 10.4 Å². The van der Waals surface area contributed by atoms with Crippen molar-refractivity contribution in [2.75, 3.05) is 26.2 Å². The van der Waals surface area contributed by atoms with E-state index in [1.807, 2.05) is 30.3 Å². The molecule has 7 heteroatoms. The molecule has 1 aliphatic heterocycles. The van der Waals surface area contributed by atoms with Crippen LogP contribution in [0.2, 0.25) is 0 Å². The van der Waals surface area contributed by atoms with Gasteiger partial charge in [0, 0.05) is 25.2 Å². The molecule has 1 fully saturated rings. The summed E-state index contributed by atoms with van der Waals surface area (Å²) in [6.07, 6.45) is 3.47. The monoisotopic (exact) mass is 416 g/mol. The normalized spacial score (nSPS) is 15.1. The first kappa shape index (κ1) is 21.3. The van der Waals surface area contributed by atoms with E-state index in [0.29, 0.717) is 43.8 Å². The number of hydrogen-bond acceptors (Lipinski definition) is 4. The van der Waals surface area contributed by atoms with Crippen molar-refractivity contribution in [3.8, 4) is 5.75 Å². The van der Waals surface area contributed by atoms with E-state index >= 15 is 0 Å². The van der Waals surface area contributed by atoms with Gasteiger partial charge in [-0.2, -0.15) is 4.31 Å². The van der Waals surface area contributed by atoms with Gasteiger partial charge in [-0.1, -0.05) is 30.7 Å². The Morgan fingerprint density at radius 1 is 1.07 bits per heavy atom. The van der Waals surface area contributed by atoms with Crippen molar-refractivity contribution in [2.45, 2.75) is 37.5 Å². The third-order valence-corrected chi connectivity index (χ3v) is 7.04. The Hall–Kier alpha value is -2.38. The van der Waals surface area contributed by atoms with Gasteiger partial charge in [0.15, 0.2) is 0 Å². The van der Waals surface area contributed by atoms with Crippen molar-refractivity contribution in [3.63, 3.8) is 0 Å². The standard InChI is InChI=1S/C22H28N2O4S/c1-18-11-12-19(17-21(18)29(26,27)24-14-6-3-7-15-24)22(25)23-13-8-16-28-20-9-4-2-5-10-20/h2,4-5,9-12,17H,3,6-8,13-16H2,1H3,(H,23,25). The van der Waals surface area contributed by atoms with Gasteiger partial charge in [-0.05, 0) is 56.0 Å². The van der Waals surface area contributed by atoms with Gasteiger partial charge in [-0.3, -0.25) is 4.79 Å². The molecular weight excluding hydrogens is 388 g/mol. The van der Waals surface area contributed by atoms with Crippen LogP contribution in [0.5, 0.6) is 5.75 Å². The van der Waals surface area contributed by atoms with Crippen LogP contribution in [0.3, 0.4) is 0 Å². The summed E-state index contributed by atoms with van der Waals surface area (Å²) in [5, 5.41) is 2.84. The van der Waals surface area contributed by atoms with Crippen LogP contribution in [0.1, 0.15) is 41.6 Å². The van der Waals surface area contributed by atoms with Gasteiger partial charge >= 0.3 is 0 Å². The Balaban J connectivity index is 1.57. The molecule has 0 radical (unpaired) electrons. The summed E-state index contributed by atoms with van der Waals surface area (Å²) < 4.78 is 33.1. The molecule has 2 aromatic carbocycles. The molecule has 1 heterocycles. The van der Waals surface area contributed by atoms with E-state index in [2.05, 4.69) is 5.32 Å². The summed E-state index contributed by atoms with van der Waals surface area (Å²) in [6.45, 7) is 3.79. The van der Waals surface area contributed by atoms with Gasteiger partial charge in [0.25, 0.3) is 5.91 Å². The lowest BCUT2D eigenvalue weighted by molar-refractivity contribution is 0.0951. The van der Waals surface area contributed by atoms with Crippen LogP contribution in [-0.4, -0.2) is 44.9 Å². The Morgan fingerprint density at radius 2 is 1.79 bits per heavy atom. The smallest absolute Gasteiger partial charge is 0.251 e.